The van der Waals surface area contributed by atoms with Crippen LogP contribution in [0.1, 0.15) is 51.1 Å². The van der Waals surface area contributed by atoms with Crippen molar-refractivity contribution >= 4 is 5.91 Å². The highest BCUT2D eigenvalue weighted by Crippen LogP contribution is 2.24. The number of aromatic nitrogens is 2. The normalized spacial score (nSPS) is 25.5. The summed E-state index contributed by atoms with van der Waals surface area (Å²) < 4.78 is 13.6. The van der Waals surface area contributed by atoms with Gasteiger partial charge >= 0.3 is 0 Å². The minimum atomic E-state index is -0.387. The predicted octanol–water partition coefficient (Wildman–Crippen LogP) is 2.58. The molecule has 140 valence electrons. The number of aryl methyl sites for hydroxylation is 1. The maximum atomic E-state index is 13.1. The average Bonchev–Trinajstić information content (AvgIpc) is 3.26. The Labute approximate surface area is 150 Å². The fourth-order valence-electron chi connectivity index (χ4n) is 3.72. The van der Waals surface area contributed by atoms with Gasteiger partial charge in [-0.25, -0.2) is 0 Å². The molecule has 0 unspecified atom stereocenters. The number of likely N-dealkylation sites (tertiary alicyclic amines) is 1. The molecule has 3 heterocycles. The van der Waals surface area contributed by atoms with Crippen LogP contribution in [0.3, 0.4) is 0 Å². The van der Waals surface area contributed by atoms with Crippen molar-refractivity contribution in [2.75, 3.05) is 26.3 Å². The van der Waals surface area contributed by atoms with Crippen molar-refractivity contribution in [1.29, 1.82) is 0 Å². The van der Waals surface area contributed by atoms with E-state index in [2.05, 4.69) is 25.1 Å². The Morgan fingerprint density at radius 3 is 2.88 bits per heavy atom. The number of piperidine rings is 1. The summed E-state index contributed by atoms with van der Waals surface area (Å²) in [6.45, 7) is 9.00. The third-order valence-electron chi connectivity index (χ3n) is 5.15. The molecule has 25 heavy (non-hydrogen) atoms. The lowest BCUT2D eigenvalue weighted by molar-refractivity contribution is -0.151. The maximum Gasteiger partial charge on any atom is 0.252 e. The Hall–Kier alpha value is -1.40. The van der Waals surface area contributed by atoms with Crippen molar-refractivity contribution < 1.29 is 14.3 Å². The number of rotatable bonds is 6. The Balaban J connectivity index is 1.60. The highest BCUT2D eigenvalue weighted by Gasteiger charge is 2.33. The van der Waals surface area contributed by atoms with Gasteiger partial charge in [-0.3, -0.25) is 9.48 Å². The van der Waals surface area contributed by atoms with E-state index in [-0.39, 0.29) is 30.1 Å². The molecule has 3 atom stereocenters. The number of hydrogen-bond donors (Lipinski definition) is 0. The highest BCUT2D eigenvalue weighted by molar-refractivity contribution is 5.81. The largest absolute Gasteiger partial charge is 0.376 e. The van der Waals surface area contributed by atoms with Gasteiger partial charge in [-0.2, -0.15) is 5.10 Å². The van der Waals surface area contributed by atoms with E-state index in [4.69, 9.17) is 9.47 Å². The van der Waals surface area contributed by atoms with E-state index in [0.717, 1.165) is 44.4 Å². The summed E-state index contributed by atoms with van der Waals surface area (Å²) in [5, 5.41) is 4.43. The second-order valence-electron chi connectivity index (χ2n) is 7.71. The van der Waals surface area contributed by atoms with Crippen LogP contribution in [0.4, 0.5) is 0 Å². The molecule has 6 nitrogen and oxygen atoms in total. The Bertz CT molecular complexity index is 566. The zero-order valence-electron chi connectivity index (χ0n) is 15.7. The van der Waals surface area contributed by atoms with Crippen molar-refractivity contribution in [1.82, 2.24) is 14.7 Å². The Kier molecular flexibility index (Phi) is 6.12. The van der Waals surface area contributed by atoms with Crippen LogP contribution in [-0.4, -0.2) is 59.1 Å². The summed E-state index contributed by atoms with van der Waals surface area (Å²) in [5.41, 5.74) is 1.16. The van der Waals surface area contributed by atoms with Gasteiger partial charge in [0.1, 0.15) is 6.10 Å². The number of carbonyl (C=O) groups is 1. The minimum absolute atomic E-state index is 0.113. The zero-order valence-corrected chi connectivity index (χ0v) is 15.7. The molecule has 0 N–H and O–H groups in total. The average molecular weight is 349 g/mol. The smallest absolute Gasteiger partial charge is 0.252 e. The summed E-state index contributed by atoms with van der Waals surface area (Å²) in [7, 11) is 0. The standard InChI is InChI=1S/C19H31N3O3/c1-14(2)18(25-13-17-7-5-9-24-17)19(23)21-8-4-6-16(12-21)22-11-15(3)10-20-22/h10-11,14,16-18H,4-9,12-13H2,1-3H3/t16-,17+,18+/m1/s1. The Morgan fingerprint density at radius 2 is 2.24 bits per heavy atom. The molecular formula is C19H31N3O3. The van der Waals surface area contributed by atoms with Crippen LogP contribution in [0, 0.1) is 12.8 Å². The first-order valence-electron chi connectivity index (χ1n) is 9.57. The van der Waals surface area contributed by atoms with Gasteiger partial charge in [-0.1, -0.05) is 13.8 Å². The first-order valence-corrected chi connectivity index (χ1v) is 9.57. The number of hydrogen-bond acceptors (Lipinski definition) is 4. The first-order chi connectivity index (χ1) is 12.0. The lowest BCUT2D eigenvalue weighted by Gasteiger charge is -2.36. The maximum absolute atomic E-state index is 13.1. The van der Waals surface area contributed by atoms with Gasteiger partial charge in [-0.05, 0) is 44.1 Å². The minimum Gasteiger partial charge on any atom is -0.376 e. The lowest BCUT2D eigenvalue weighted by atomic mass is 10.0. The summed E-state index contributed by atoms with van der Waals surface area (Å²) in [6.07, 6.45) is 7.89. The van der Waals surface area contributed by atoms with Gasteiger partial charge in [0.2, 0.25) is 0 Å². The SMILES string of the molecule is Cc1cnn([C@@H]2CCCN(C(=O)[C@@H](OC[C@@H]3CCCO3)C(C)C)C2)c1. The molecule has 2 saturated heterocycles. The lowest BCUT2D eigenvalue weighted by Crippen LogP contribution is -2.48. The molecule has 0 spiro atoms. The number of carbonyl (C=O) groups excluding carboxylic acids is 1. The molecular weight excluding hydrogens is 318 g/mol. The molecule has 1 aromatic heterocycles. The number of nitrogens with zero attached hydrogens (tertiary/aromatic N) is 3. The van der Waals surface area contributed by atoms with Crippen molar-refractivity contribution in [2.45, 2.75) is 64.7 Å². The molecule has 0 bridgehead atoms. The van der Waals surface area contributed by atoms with Crippen LogP contribution in [-0.2, 0) is 14.3 Å². The molecule has 2 fully saturated rings. The third kappa shape index (κ3) is 4.61. The highest BCUT2D eigenvalue weighted by atomic mass is 16.5. The summed E-state index contributed by atoms with van der Waals surface area (Å²) in [4.78, 5) is 15.0. The molecule has 1 amide bonds. The molecule has 0 aromatic carbocycles. The second kappa shape index (κ2) is 8.32. The molecule has 3 rings (SSSR count). The van der Waals surface area contributed by atoms with Gasteiger partial charge in [-0.15, -0.1) is 0 Å². The number of ether oxygens (including phenoxy) is 2. The molecule has 2 aliphatic heterocycles. The molecule has 0 aliphatic carbocycles. The summed E-state index contributed by atoms with van der Waals surface area (Å²) in [6, 6.07) is 0.261. The third-order valence-corrected chi connectivity index (χ3v) is 5.15. The van der Waals surface area contributed by atoms with Crippen molar-refractivity contribution in [3.63, 3.8) is 0 Å². The van der Waals surface area contributed by atoms with Crippen LogP contribution >= 0.6 is 0 Å². The number of amides is 1. The van der Waals surface area contributed by atoms with Crippen LogP contribution in [0.15, 0.2) is 12.4 Å². The van der Waals surface area contributed by atoms with Gasteiger partial charge in [0.25, 0.3) is 5.91 Å². The molecule has 6 heteroatoms. The quantitative estimate of drug-likeness (QED) is 0.792. The van der Waals surface area contributed by atoms with E-state index >= 15 is 0 Å². The van der Waals surface area contributed by atoms with Crippen molar-refractivity contribution in [3.05, 3.63) is 18.0 Å². The Morgan fingerprint density at radius 1 is 1.40 bits per heavy atom. The van der Waals surface area contributed by atoms with Crippen molar-refractivity contribution in [2.24, 2.45) is 5.92 Å². The topological polar surface area (TPSA) is 56.6 Å². The predicted molar refractivity (Wildman–Crippen MR) is 95.4 cm³/mol. The van der Waals surface area contributed by atoms with Gasteiger partial charge < -0.3 is 14.4 Å². The van der Waals surface area contributed by atoms with Gasteiger partial charge in [0, 0.05) is 25.9 Å². The van der Waals surface area contributed by atoms with Crippen LogP contribution < -0.4 is 0 Å². The van der Waals surface area contributed by atoms with E-state index in [9.17, 15) is 4.79 Å². The molecule has 0 radical (unpaired) electrons. The fraction of sp³-hybridized carbons (Fsp3) is 0.789. The van der Waals surface area contributed by atoms with Crippen LogP contribution in [0.5, 0.6) is 0 Å². The zero-order chi connectivity index (χ0) is 17.8. The van der Waals surface area contributed by atoms with Crippen molar-refractivity contribution in [3.8, 4) is 0 Å². The van der Waals surface area contributed by atoms with Crippen LogP contribution in [0.25, 0.3) is 0 Å². The second-order valence-corrected chi connectivity index (χ2v) is 7.71. The van der Waals surface area contributed by atoms with E-state index < -0.39 is 0 Å². The first kappa shape index (κ1) is 18.4. The van der Waals surface area contributed by atoms with E-state index in [1.54, 1.807) is 0 Å². The summed E-state index contributed by atoms with van der Waals surface area (Å²) in [5.74, 6) is 0.266. The fourth-order valence-corrected chi connectivity index (χ4v) is 3.72. The van der Waals surface area contributed by atoms with E-state index in [0.29, 0.717) is 13.2 Å². The molecule has 2 aliphatic rings. The van der Waals surface area contributed by atoms with Gasteiger partial charge in [0.15, 0.2) is 0 Å². The monoisotopic (exact) mass is 349 g/mol. The van der Waals surface area contributed by atoms with E-state index in [1.807, 2.05) is 22.7 Å². The van der Waals surface area contributed by atoms with E-state index in [1.165, 1.54) is 0 Å². The van der Waals surface area contributed by atoms with Gasteiger partial charge in [0.05, 0.1) is 24.9 Å². The molecule has 0 saturated carbocycles. The summed E-state index contributed by atoms with van der Waals surface area (Å²) >= 11 is 0. The van der Waals surface area contributed by atoms with Crippen LogP contribution in [0.2, 0.25) is 0 Å². The molecule has 1 aromatic rings.